The number of methoxy groups -OCH3 is 2. The van der Waals surface area contributed by atoms with E-state index >= 15 is 0 Å². The van der Waals surface area contributed by atoms with Gasteiger partial charge in [-0.3, -0.25) is 0 Å². The molecule has 1 N–H and O–H groups in total. The molecule has 1 unspecified atom stereocenters. The zero-order valence-electron chi connectivity index (χ0n) is 13.7. The molecule has 0 aromatic heterocycles. The van der Waals surface area contributed by atoms with E-state index in [4.69, 9.17) is 9.47 Å². The molecular formula is C18H29NO2. The topological polar surface area (TPSA) is 30.5 Å². The first-order valence-electron chi connectivity index (χ1n) is 8.15. The van der Waals surface area contributed by atoms with Gasteiger partial charge in [0.2, 0.25) is 0 Å². The van der Waals surface area contributed by atoms with Crippen LogP contribution in [0.2, 0.25) is 0 Å². The van der Waals surface area contributed by atoms with Gasteiger partial charge in [-0.2, -0.15) is 0 Å². The third-order valence-corrected chi connectivity index (χ3v) is 4.76. The Bertz CT molecular complexity index is 406. The first-order valence-corrected chi connectivity index (χ1v) is 8.15. The Hall–Kier alpha value is -1.06. The van der Waals surface area contributed by atoms with Crippen LogP contribution in [0, 0.1) is 0 Å². The molecule has 0 bridgehead atoms. The average molecular weight is 291 g/mol. The van der Waals surface area contributed by atoms with Crippen molar-refractivity contribution in [3.63, 3.8) is 0 Å². The third kappa shape index (κ3) is 3.98. The number of nitrogens with one attached hydrogen (secondary N) is 1. The summed E-state index contributed by atoms with van der Waals surface area (Å²) in [5.41, 5.74) is 1.44. The van der Waals surface area contributed by atoms with Gasteiger partial charge in [-0.1, -0.05) is 19.1 Å². The fraction of sp³-hybridized carbons (Fsp3) is 0.667. The van der Waals surface area contributed by atoms with E-state index in [9.17, 15) is 0 Å². The third-order valence-electron chi connectivity index (χ3n) is 4.76. The molecule has 1 aliphatic rings. The number of rotatable bonds is 9. The van der Waals surface area contributed by atoms with Crippen LogP contribution in [0.5, 0.6) is 5.75 Å². The van der Waals surface area contributed by atoms with Crippen molar-refractivity contribution in [2.75, 3.05) is 20.8 Å². The maximum Gasteiger partial charge on any atom is 0.118 e. The number of hydrogen-bond acceptors (Lipinski definition) is 3. The Morgan fingerprint density at radius 2 is 1.90 bits per heavy atom. The van der Waals surface area contributed by atoms with Crippen molar-refractivity contribution in [3.8, 4) is 5.75 Å². The van der Waals surface area contributed by atoms with Gasteiger partial charge < -0.3 is 14.8 Å². The van der Waals surface area contributed by atoms with E-state index in [0.717, 1.165) is 25.1 Å². The Morgan fingerprint density at radius 1 is 1.19 bits per heavy atom. The Balaban J connectivity index is 1.94. The zero-order valence-corrected chi connectivity index (χ0v) is 13.7. The minimum atomic E-state index is 0.0711. The highest BCUT2D eigenvalue weighted by Gasteiger charge is 2.43. The molecular weight excluding hydrogens is 262 g/mol. The standard InChI is InChI=1S/C18H29NO2/c1-4-14-19-17(18(21-3)12-5-13-18)11-8-15-6-9-16(20-2)10-7-15/h6-7,9-10,17,19H,4-5,8,11-14H2,1-3H3. The van der Waals surface area contributed by atoms with Crippen LogP contribution in [0.15, 0.2) is 24.3 Å². The zero-order chi connectivity index (χ0) is 15.1. The fourth-order valence-electron chi connectivity index (χ4n) is 3.19. The lowest BCUT2D eigenvalue weighted by Crippen LogP contribution is -2.56. The second-order valence-electron chi connectivity index (χ2n) is 6.02. The van der Waals surface area contributed by atoms with Crippen molar-refractivity contribution >= 4 is 0 Å². The monoisotopic (exact) mass is 291 g/mol. The summed E-state index contributed by atoms with van der Waals surface area (Å²) in [4.78, 5) is 0. The minimum Gasteiger partial charge on any atom is -0.497 e. The molecule has 0 heterocycles. The molecule has 1 saturated carbocycles. The molecule has 1 atom stereocenters. The summed E-state index contributed by atoms with van der Waals surface area (Å²) in [6.45, 7) is 3.28. The van der Waals surface area contributed by atoms with Gasteiger partial charge >= 0.3 is 0 Å². The molecule has 0 spiro atoms. The lowest BCUT2D eigenvalue weighted by atomic mass is 9.72. The Morgan fingerprint density at radius 3 is 2.38 bits per heavy atom. The van der Waals surface area contributed by atoms with Gasteiger partial charge in [-0.05, 0) is 62.8 Å². The van der Waals surface area contributed by atoms with Crippen LogP contribution >= 0.6 is 0 Å². The van der Waals surface area contributed by atoms with Crippen LogP contribution in [-0.2, 0) is 11.2 Å². The van der Waals surface area contributed by atoms with E-state index in [1.54, 1.807) is 7.11 Å². The number of aryl methyl sites for hydroxylation is 1. The first-order chi connectivity index (χ1) is 10.2. The van der Waals surface area contributed by atoms with Gasteiger partial charge in [0.05, 0.1) is 12.7 Å². The molecule has 3 heteroatoms. The quantitative estimate of drug-likeness (QED) is 0.754. The molecule has 1 aromatic rings. The highest BCUT2D eigenvalue weighted by molar-refractivity contribution is 5.27. The van der Waals surface area contributed by atoms with E-state index < -0.39 is 0 Å². The highest BCUT2D eigenvalue weighted by atomic mass is 16.5. The van der Waals surface area contributed by atoms with Gasteiger partial charge in [0.25, 0.3) is 0 Å². The fourth-order valence-corrected chi connectivity index (χ4v) is 3.19. The van der Waals surface area contributed by atoms with E-state index in [-0.39, 0.29) is 5.60 Å². The highest BCUT2D eigenvalue weighted by Crippen LogP contribution is 2.39. The van der Waals surface area contributed by atoms with E-state index in [0.29, 0.717) is 6.04 Å². The predicted molar refractivity (Wildman–Crippen MR) is 87.0 cm³/mol. The van der Waals surface area contributed by atoms with E-state index in [2.05, 4.69) is 24.4 Å². The second kappa shape index (κ2) is 7.81. The van der Waals surface area contributed by atoms with Gasteiger partial charge in [0.1, 0.15) is 5.75 Å². The summed E-state index contributed by atoms with van der Waals surface area (Å²) in [7, 11) is 3.58. The smallest absolute Gasteiger partial charge is 0.118 e. The molecule has 1 fully saturated rings. The van der Waals surface area contributed by atoms with E-state index in [1.165, 1.54) is 31.2 Å². The van der Waals surface area contributed by atoms with Crippen molar-refractivity contribution in [2.45, 2.75) is 57.1 Å². The lowest BCUT2D eigenvalue weighted by Gasteiger charge is -2.47. The van der Waals surface area contributed by atoms with Gasteiger partial charge in [0, 0.05) is 13.2 Å². The van der Waals surface area contributed by atoms with Crippen LogP contribution in [0.25, 0.3) is 0 Å². The molecule has 118 valence electrons. The van der Waals surface area contributed by atoms with Crippen LogP contribution in [0.4, 0.5) is 0 Å². The maximum atomic E-state index is 5.88. The predicted octanol–water partition coefficient (Wildman–Crippen LogP) is 3.57. The van der Waals surface area contributed by atoms with Crippen molar-refractivity contribution in [1.29, 1.82) is 0 Å². The molecule has 0 amide bonds. The van der Waals surface area contributed by atoms with Gasteiger partial charge in [-0.25, -0.2) is 0 Å². The van der Waals surface area contributed by atoms with Crippen LogP contribution in [0.1, 0.15) is 44.6 Å². The van der Waals surface area contributed by atoms with Crippen molar-refractivity contribution in [1.82, 2.24) is 5.32 Å². The summed E-state index contributed by atoms with van der Waals surface area (Å²) >= 11 is 0. The molecule has 0 radical (unpaired) electrons. The first kappa shape index (κ1) is 16.3. The van der Waals surface area contributed by atoms with Gasteiger partial charge in [0.15, 0.2) is 0 Å². The van der Waals surface area contributed by atoms with Crippen molar-refractivity contribution in [2.24, 2.45) is 0 Å². The summed E-state index contributed by atoms with van der Waals surface area (Å²) in [5.74, 6) is 0.923. The molecule has 3 nitrogen and oxygen atoms in total. The molecule has 2 rings (SSSR count). The maximum absolute atomic E-state index is 5.88. The van der Waals surface area contributed by atoms with E-state index in [1.807, 2.05) is 19.2 Å². The lowest BCUT2D eigenvalue weighted by molar-refractivity contribution is -0.0997. The minimum absolute atomic E-state index is 0.0711. The summed E-state index contributed by atoms with van der Waals surface area (Å²) in [6, 6.07) is 8.86. The van der Waals surface area contributed by atoms with Gasteiger partial charge in [-0.15, -0.1) is 0 Å². The number of hydrogen-bond donors (Lipinski definition) is 1. The Kier molecular flexibility index (Phi) is 6.07. The average Bonchev–Trinajstić information content (AvgIpc) is 2.49. The molecule has 0 aliphatic heterocycles. The second-order valence-corrected chi connectivity index (χ2v) is 6.02. The Labute approximate surface area is 129 Å². The summed E-state index contributed by atoms with van der Waals surface area (Å²) in [5, 5.41) is 3.71. The van der Waals surface area contributed by atoms with Crippen molar-refractivity contribution < 1.29 is 9.47 Å². The molecule has 1 aliphatic carbocycles. The summed E-state index contributed by atoms with van der Waals surface area (Å²) < 4.78 is 11.1. The van der Waals surface area contributed by atoms with Crippen molar-refractivity contribution in [3.05, 3.63) is 29.8 Å². The molecule has 1 aromatic carbocycles. The largest absolute Gasteiger partial charge is 0.497 e. The molecule has 0 saturated heterocycles. The normalized spacial score (nSPS) is 18.0. The van der Waals surface area contributed by atoms with Crippen LogP contribution < -0.4 is 10.1 Å². The van der Waals surface area contributed by atoms with Crippen LogP contribution in [0.3, 0.4) is 0 Å². The number of ether oxygens (including phenoxy) is 2. The summed E-state index contributed by atoms with van der Waals surface area (Å²) in [6.07, 6.45) is 7.04. The molecule has 21 heavy (non-hydrogen) atoms. The number of benzene rings is 1. The SMILES string of the molecule is CCCNC(CCc1ccc(OC)cc1)C1(OC)CCC1. The van der Waals surface area contributed by atoms with Crippen LogP contribution in [-0.4, -0.2) is 32.4 Å².